The van der Waals surface area contributed by atoms with Crippen LogP contribution in [0.1, 0.15) is 31.1 Å². The third-order valence-corrected chi connectivity index (χ3v) is 3.86. The second kappa shape index (κ2) is 5.73. The molecule has 1 amide bonds. The van der Waals surface area contributed by atoms with Gasteiger partial charge in [0, 0.05) is 23.1 Å². The molecule has 1 heterocycles. The summed E-state index contributed by atoms with van der Waals surface area (Å²) in [6, 6.07) is 5.37. The van der Waals surface area contributed by atoms with Crippen molar-refractivity contribution >= 4 is 33.3 Å². The van der Waals surface area contributed by atoms with E-state index in [0.717, 1.165) is 5.57 Å². The molecule has 21 heavy (non-hydrogen) atoms. The van der Waals surface area contributed by atoms with Crippen LogP contribution in [0.15, 0.2) is 34.8 Å². The molecule has 0 saturated carbocycles. The predicted octanol–water partition coefficient (Wildman–Crippen LogP) is 2.92. The molecular weight excluding hydrogens is 332 g/mol. The number of fused-ring (bicyclic) bond motifs is 1. The first kappa shape index (κ1) is 15.9. The van der Waals surface area contributed by atoms with E-state index in [-0.39, 0.29) is 5.54 Å². The van der Waals surface area contributed by atoms with Gasteiger partial charge < -0.3 is 10.2 Å². The molecule has 1 aromatic carbocycles. The molecule has 4 nitrogen and oxygen atoms in total. The van der Waals surface area contributed by atoms with Gasteiger partial charge in [0.1, 0.15) is 0 Å². The van der Waals surface area contributed by atoms with Crippen LogP contribution in [0.4, 0.5) is 5.69 Å². The summed E-state index contributed by atoms with van der Waals surface area (Å²) < 4.78 is 0.652. The van der Waals surface area contributed by atoms with Crippen molar-refractivity contribution in [1.29, 1.82) is 0 Å². The van der Waals surface area contributed by atoms with Crippen LogP contribution in [0.2, 0.25) is 0 Å². The van der Waals surface area contributed by atoms with E-state index in [1.807, 2.05) is 6.07 Å². The molecule has 0 radical (unpaired) electrons. The van der Waals surface area contributed by atoms with E-state index < -0.39 is 11.7 Å². The summed E-state index contributed by atoms with van der Waals surface area (Å²) in [6.07, 6.45) is 0. The Kier molecular flexibility index (Phi) is 4.35. The normalized spacial score (nSPS) is 14.6. The molecular formula is C16H19BrN2O2. The Labute approximate surface area is 133 Å². The number of amides is 1. The van der Waals surface area contributed by atoms with Crippen LogP contribution in [-0.4, -0.2) is 30.3 Å². The van der Waals surface area contributed by atoms with Crippen molar-refractivity contribution < 1.29 is 9.59 Å². The van der Waals surface area contributed by atoms with Crippen molar-refractivity contribution in [2.45, 2.75) is 26.3 Å². The molecule has 112 valence electrons. The van der Waals surface area contributed by atoms with E-state index in [1.165, 1.54) is 4.90 Å². The molecule has 0 bridgehead atoms. The lowest BCUT2D eigenvalue weighted by Crippen LogP contribution is -2.39. The number of carbonyl (C=O) groups is 2. The number of Topliss-reactive ketones (excluding diaryl/α,β-unsaturated/α-hetero) is 1. The SMILES string of the molecule is C=C(CNC(C)(C)C)CN1C(=O)C(=O)c2c(Br)cccc21. The van der Waals surface area contributed by atoms with Crippen LogP contribution in [-0.2, 0) is 4.79 Å². The number of hydrogen-bond acceptors (Lipinski definition) is 3. The maximum Gasteiger partial charge on any atom is 0.299 e. The molecule has 0 aromatic heterocycles. The molecule has 0 fully saturated rings. The topological polar surface area (TPSA) is 49.4 Å². The lowest BCUT2D eigenvalue weighted by molar-refractivity contribution is -0.114. The number of benzene rings is 1. The van der Waals surface area contributed by atoms with Gasteiger partial charge in [-0.1, -0.05) is 12.6 Å². The fourth-order valence-electron chi connectivity index (χ4n) is 2.13. The third kappa shape index (κ3) is 3.41. The van der Waals surface area contributed by atoms with E-state index in [9.17, 15) is 9.59 Å². The fraction of sp³-hybridized carbons (Fsp3) is 0.375. The Bertz CT molecular complexity index is 617. The zero-order valence-electron chi connectivity index (χ0n) is 12.5. The monoisotopic (exact) mass is 350 g/mol. The van der Waals surface area contributed by atoms with Crippen molar-refractivity contribution in [3.05, 3.63) is 40.4 Å². The average molecular weight is 351 g/mol. The van der Waals surface area contributed by atoms with E-state index in [2.05, 4.69) is 48.6 Å². The third-order valence-electron chi connectivity index (χ3n) is 3.20. The first-order chi connectivity index (χ1) is 9.70. The van der Waals surface area contributed by atoms with Crippen LogP contribution in [0, 0.1) is 0 Å². The number of carbonyl (C=O) groups excluding carboxylic acids is 2. The van der Waals surface area contributed by atoms with Crippen LogP contribution in [0.3, 0.4) is 0 Å². The van der Waals surface area contributed by atoms with Crippen molar-refractivity contribution in [3.63, 3.8) is 0 Å². The van der Waals surface area contributed by atoms with Gasteiger partial charge >= 0.3 is 0 Å². The summed E-state index contributed by atoms with van der Waals surface area (Å²) >= 11 is 3.33. The Morgan fingerprint density at radius 3 is 2.62 bits per heavy atom. The van der Waals surface area contributed by atoms with Crippen LogP contribution >= 0.6 is 15.9 Å². The van der Waals surface area contributed by atoms with Gasteiger partial charge in [0.05, 0.1) is 11.3 Å². The highest BCUT2D eigenvalue weighted by molar-refractivity contribution is 9.10. The highest BCUT2D eigenvalue weighted by Crippen LogP contribution is 2.34. The number of halogens is 1. The Morgan fingerprint density at radius 1 is 1.33 bits per heavy atom. The molecule has 0 saturated heterocycles. The van der Waals surface area contributed by atoms with Gasteiger partial charge in [0.15, 0.2) is 0 Å². The zero-order valence-corrected chi connectivity index (χ0v) is 14.1. The van der Waals surface area contributed by atoms with Crippen molar-refractivity contribution in [2.75, 3.05) is 18.0 Å². The van der Waals surface area contributed by atoms with Gasteiger partial charge in [-0.25, -0.2) is 0 Å². The maximum atomic E-state index is 12.1. The molecule has 0 aliphatic carbocycles. The van der Waals surface area contributed by atoms with Crippen LogP contribution in [0.25, 0.3) is 0 Å². The van der Waals surface area contributed by atoms with Crippen molar-refractivity contribution in [1.82, 2.24) is 5.32 Å². The Balaban J connectivity index is 2.15. The molecule has 2 rings (SSSR count). The number of anilines is 1. The molecule has 0 atom stereocenters. The number of hydrogen-bond donors (Lipinski definition) is 1. The van der Waals surface area contributed by atoms with Crippen LogP contribution in [0.5, 0.6) is 0 Å². The molecule has 1 aromatic rings. The molecule has 1 aliphatic heterocycles. The van der Waals surface area contributed by atoms with Gasteiger partial charge in [-0.05, 0) is 54.4 Å². The molecule has 1 aliphatic rings. The van der Waals surface area contributed by atoms with Crippen molar-refractivity contribution in [2.24, 2.45) is 0 Å². The first-order valence-electron chi connectivity index (χ1n) is 6.77. The quantitative estimate of drug-likeness (QED) is 0.670. The average Bonchev–Trinajstić information content (AvgIpc) is 2.62. The maximum absolute atomic E-state index is 12.1. The Morgan fingerprint density at radius 2 is 2.00 bits per heavy atom. The van der Waals surface area contributed by atoms with Crippen LogP contribution < -0.4 is 10.2 Å². The van der Waals surface area contributed by atoms with Gasteiger partial charge in [-0.15, -0.1) is 0 Å². The second-order valence-electron chi connectivity index (χ2n) is 6.21. The van der Waals surface area contributed by atoms with E-state index in [1.54, 1.807) is 12.1 Å². The minimum atomic E-state index is -0.492. The fourth-order valence-corrected chi connectivity index (χ4v) is 2.66. The summed E-state index contributed by atoms with van der Waals surface area (Å²) in [5.41, 5.74) is 1.93. The standard InChI is InChI=1S/C16H19BrN2O2/c1-10(8-18-16(2,3)4)9-19-12-7-5-6-11(17)13(12)14(20)15(19)21/h5-7,18H,1,8-9H2,2-4H3. The number of nitrogens with zero attached hydrogens (tertiary/aromatic N) is 1. The number of ketones is 1. The minimum absolute atomic E-state index is 0.0191. The Hall–Kier alpha value is -1.46. The molecule has 0 unspecified atom stereocenters. The second-order valence-corrected chi connectivity index (χ2v) is 7.06. The zero-order chi connectivity index (χ0) is 15.8. The summed E-state index contributed by atoms with van der Waals surface area (Å²) in [4.78, 5) is 25.7. The van der Waals surface area contributed by atoms with Crippen molar-refractivity contribution in [3.8, 4) is 0 Å². The lowest BCUT2D eigenvalue weighted by atomic mass is 10.1. The van der Waals surface area contributed by atoms with Gasteiger partial charge in [-0.3, -0.25) is 9.59 Å². The van der Waals surface area contributed by atoms with E-state index in [4.69, 9.17) is 0 Å². The number of rotatable bonds is 4. The summed E-state index contributed by atoms with van der Waals surface area (Å²) in [6.45, 7) is 11.1. The lowest BCUT2D eigenvalue weighted by Gasteiger charge is -2.23. The van der Waals surface area contributed by atoms with Gasteiger partial charge in [0.2, 0.25) is 0 Å². The van der Waals surface area contributed by atoms with Gasteiger partial charge in [-0.2, -0.15) is 0 Å². The molecule has 5 heteroatoms. The highest BCUT2D eigenvalue weighted by atomic mass is 79.9. The van der Waals surface area contributed by atoms with E-state index >= 15 is 0 Å². The highest BCUT2D eigenvalue weighted by Gasteiger charge is 2.37. The molecule has 0 spiro atoms. The van der Waals surface area contributed by atoms with E-state index in [0.29, 0.717) is 28.8 Å². The molecule has 1 N–H and O–H groups in total. The number of nitrogens with one attached hydrogen (secondary N) is 1. The summed E-state index contributed by atoms with van der Waals surface area (Å²) in [5.74, 6) is -0.956. The smallest absolute Gasteiger partial charge is 0.299 e. The summed E-state index contributed by atoms with van der Waals surface area (Å²) in [7, 11) is 0. The van der Waals surface area contributed by atoms with Gasteiger partial charge in [0.25, 0.3) is 11.7 Å². The predicted molar refractivity (Wildman–Crippen MR) is 87.7 cm³/mol. The first-order valence-corrected chi connectivity index (χ1v) is 7.56. The summed E-state index contributed by atoms with van der Waals surface area (Å²) in [5, 5.41) is 3.33. The minimum Gasteiger partial charge on any atom is -0.308 e. The largest absolute Gasteiger partial charge is 0.308 e.